The van der Waals surface area contributed by atoms with Crippen LogP contribution in [0.5, 0.6) is 0 Å². The normalized spacial score (nSPS) is 9.00. The summed E-state index contributed by atoms with van der Waals surface area (Å²) in [7, 11) is 0. The number of carboxylic acids is 3. The van der Waals surface area contributed by atoms with Crippen LogP contribution in [0.3, 0.4) is 0 Å². The van der Waals surface area contributed by atoms with Crippen molar-refractivity contribution in [3.63, 3.8) is 0 Å². The first-order valence-corrected chi connectivity index (χ1v) is 3.78. The zero-order valence-electron chi connectivity index (χ0n) is 8.30. The van der Waals surface area contributed by atoms with E-state index in [1.54, 1.807) is 0 Å². The second kappa shape index (κ2) is 5.64. The molecule has 0 aliphatic rings. The Labute approximate surface area is 112 Å². The predicted molar refractivity (Wildman–Crippen MR) is 53.1 cm³/mol. The van der Waals surface area contributed by atoms with E-state index in [4.69, 9.17) is 15.3 Å². The van der Waals surface area contributed by atoms with Gasteiger partial charge in [0.25, 0.3) is 0 Å². The second-order valence-electron chi connectivity index (χ2n) is 2.64. The van der Waals surface area contributed by atoms with Gasteiger partial charge >= 0.3 is 17.9 Å². The van der Waals surface area contributed by atoms with Gasteiger partial charge in [0, 0.05) is 29.6 Å². The topological polar surface area (TPSA) is 112 Å². The number of hydrogen-bond donors (Lipinski definition) is 3. The fourth-order valence-electron chi connectivity index (χ4n) is 1.14. The first-order valence-electron chi connectivity index (χ1n) is 3.78. The Morgan fingerprint density at radius 2 is 1.19 bits per heavy atom. The fraction of sp³-hybridized carbons (Fsp3) is 0. The summed E-state index contributed by atoms with van der Waals surface area (Å²) in [6.45, 7) is 0. The molecule has 0 aliphatic heterocycles. The molecule has 16 heavy (non-hydrogen) atoms. The van der Waals surface area contributed by atoms with E-state index in [1.165, 1.54) is 6.07 Å². The van der Waals surface area contributed by atoms with Gasteiger partial charge in [-0.25, -0.2) is 14.4 Å². The first kappa shape index (κ1) is 14.6. The standard InChI is InChI=1S/C9H6O6.Na/c10-7(11)4-2-1-3-5(8(12)13)6(4)9(14)15;/h1-3H,(H,10,11)(H,12,13)(H,14,15);. The minimum Gasteiger partial charge on any atom is -0.478 e. The predicted octanol–water partition coefficient (Wildman–Crippen LogP) is 0.400. The SMILES string of the molecule is O=C(O)c1cccc(C(=O)O)c1C(=O)O.[Na]. The molecule has 1 aromatic rings. The van der Waals surface area contributed by atoms with Gasteiger partial charge in [-0.1, -0.05) is 6.07 Å². The molecule has 0 spiro atoms. The van der Waals surface area contributed by atoms with Crippen LogP contribution in [0.2, 0.25) is 0 Å². The van der Waals surface area contributed by atoms with Gasteiger partial charge in [0.1, 0.15) is 0 Å². The summed E-state index contributed by atoms with van der Waals surface area (Å²) < 4.78 is 0. The molecule has 0 aromatic heterocycles. The maximum absolute atomic E-state index is 10.7. The molecule has 0 unspecified atom stereocenters. The molecular weight excluding hydrogens is 227 g/mol. The third-order valence-electron chi connectivity index (χ3n) is 1.74. The minimum absolute atomic E-state index is 0. The maximum Gasteiger partial charge on any atom is 0.337 e. The van der Waals surface area contributed by atoms with Gasteiger partial charge in [0.05, 0.1) is 16.7 Å². The first-order chi connectivity index (χ1) is 6.95. The number of hydrogen-bond acceptors (Lipinski definition) is 3. The molecule has 0 bridgehead atoms. The molecule has 6 nitrogen and oxygen atoms in total. The Hall–Kier alpha value is -1.37. The third kappa shape index (κ3) is 2.82. The number of carboxylic acid groups (broad SMARTS) is 3. The van der Waals surface area contributed by atoms with E-state index >= 15 is 0 Å². The average Bonchev–Trinajstić information content (AvgIpc) is 2.16. The number of aromatic carboxylic acids is 3. The third-order valence-corrected chi connectivity index (χ3v) is 1.74. The molecule has 0 heterocycles. The largest absolute Gasteiger partial charge is 0.478 e. The fourth-order valence-corrected chi connectivity index (χ4v) is 1.14. The summed E-state index contributed by atoms with van der Waals surface area (Å²) in [5, 5.41) is 26.0. The van der Waals surface area contributed by atoms with Gasteiger partial charge in [-0.2, -0.15) is 0 Å². The molecule has 3 N–H and O–H groups in total. The van der Waals surface area contributed by atoms with Crippen molar-refractivity contribution in [2.24, 2.45) is 0 Å². The molecule has 1 aromatic carbocycles. The summed E-state index contributed by atoms with van der Waals surface area (Å²) in [5.74, 6) is -4.53. The zero-order valence-corrected chi connectivity index (χ0v) is 10.3. The molecule has 0 saturated heterocycles. The van der Waals surface area contributed by atoms with Crippen molar-refractivity contribution in [3.8, 4) is 0 Å². The monoisotopic (exact) mass is 233 g/mol. The van der Waals surface area contributed by atoms with E-state index in [-0.39, 0.29) is 29.6 Å². The second-order valence-corrected chi connectivity index (χ2v) is 2.64. The van der Waals surface area contributed by atoms with Crippen LogP contribution in [-0.4, -0.2) is 62.8 Å². The van der Waals surface area contributed by atoms with E-state index in [1.807, 2.05) is 0 Å². The Morgan fingerprint density at radius 1 is 0.812 bits per heavy atom. The molecule has 79 valence electrons. The van der Waals surface area contributed by atoms with Crippen molar-refractivity contribution in [2.45, 2.75) is 0 Å². The Bertz CT molecular complexity index is 421. The Balaban J connectivity index is 0.00000225. The van der Waals surface area contributed by atoms with Crippen molar-refractivity contribution in [1.29, 1.82) is 0 Å². The van der Waals surface area contributed by atoms with Crippen molar-refractivity contribution < 1.29 is 29.7 Å². The summed E-state index contributed by atoms with van der Waals surface area (Å²) in [6.07, 6.45) is 0. The van der Waals surface area contributed by atoms with E-state index in [9.17, 15) is 14.4 Å². The van der Waals surface area contributed by atoms with Crippen LogP contribution in [0.4, 0.5) is 0 Å². The van der Waals surface area contributed by atoms with Crippen molar-refractivity contribution in [3.05, 3.63) is 34.9 Å². The maximum atomic E-state index is 10.7. The molecule has 0 saturated carbocycles. The smallest absolute Gasteiger partial charge is 0.337 e. The van der Waals surface area contributed by atoms with Gasteiger partial charge in [-0.15, -0.1) is 0 Å². The van der Waals surface area contributed by atoms with Crippen LogP contribution >= 0.6 is 0 Å². The number of carbonyl (C=O) groups is 3. The quantitative estimate of drug-likeness (QED) is 0.651. The van der Waals surface area contributed by atoms with Crippen LogP contribution in [0.25, 0.3) is 0 Å². The van der Waals surface area contributed by atoms with E-state index in [0.29, 0.717) is 0 Å². The summed E-state index contributed by atoms with van der Waals surface area (Å²) in [6, 6.07) is 3.26. The van der Waals surface area contributed by atoms with Crippen molar-refractivity contribution >= 4 is 47.5 Å². The van der Waals surface area contributed by atoms with Crippen LogP contribution in [0, 0.1) is 0 Å². The molecule has 1 radical (unpaired) electrons. The Kier molecular flexibility index (Phi) is 5.16. The van der Waals surface area contributed by atoms with Crippen molar-refractivity contribution in [1.82, 2.24) is 0 Å². The number of benzene rings is 1. The molecule has 0 fully saturated rings. The van der Waals surface area contributed by atoms with Gasteiger partial charge < -0.3 is 15.3 Å². The molecule has 0 aliphatic carbocycles. The minimum atomic E-state index is -1.58. The van der Waals surface area contributed by atoms with Gasteiger partial charge in [0.15, 0.2) is 0 Å². The van der Waals surface area contributed by atoms with Crippen LogP contribution in [0.1, 0.15) is 31.1 Å². The van der Waals surface area contributed by atoms with E-state index in [2.05, 4.69) is 0 Å². The van der Waals surface area contributed by atoms with Crippen LogP contribution in [-0.2, 0) is 0 Å². The van der Waals surface area contributed by atoms with Gasteiger partial charge in [0.2, 0.25) is 0 Å². The summed E-state index contributed by atoms with van der Waals surface area (Å²) in [4.78, 5) is 32.0. The molecular formula is C9H6NaO6. The zero-order chi connectivity index (χ0) is 11.6. The summed E-state index contributed by atoms with van der Waals surface area (Å²) >= 11 is 0. The summed E-state index contributed by atoms with van der Waals surface area (Å²) in [5.41, 5.74) is -1.79. The Morgan fingerprint density at radius 3 is 1.44 bits per heavy atom. The molecule has 0 amide bonds. The van der Waals surface area contributed by atoms with Gasteiger partial charge in [-0.3, -0.25) is 0 Å². The van der Waals surface area contributed by atoms with E-state index < -0.39 is 34.6 Å². The van der Waals surface area contributed by atoms with Gasteiger partial charge in [-0.05, 0) is 12.1 Å². The molecule has 7 heteroatoms. The average molecular weight is 233 g/mol. The van der Waals surface area contributed by atoms with Crippen LogP contribution in [0.15, 0.2) is 18.2 Å². The van der Waals surface area contributed by atoms with E-state index in [0.717, 1.165) is 12.1 Å². The molecule has 0 atom stereocenters. The van der Waals surface area contributed by atoms with Crippen LogP contribution < -0.4 is 0 Å². The number of rotatable bonds is 3. The molecule has 1 rings (SSSR count). The van der Waals surface area contributed by atoms with Crippen molar-refractivity contribution in [2.75, 3.05) is 0 Å².